The highest BCUT2D eigenvalue weighted by atomic mass is 79.9. The molecule has 0 fully saturated rings. The molecule has 4 heteroatoms. The number of methoxy groups -OCH3 is 1. The highest BCUT2D eigenvalue weighted by molar-refractivity contribution is 9.10. The van der Waals surface area contributed by atoms with Crippen LogP contribution >= 0.6 is 27.5 Å². The number of esters is 1. The van der Waals surface area contributed by atoms with E-state index in [2.05, 4.69) is 20.7 Å². The molecule has 1 rings (SSSR count). The maximum Gasteiger partial charge on any atom is 0.339 e. The molecule has 0 N–H and O–H groups in total. The number of benzene rings is 1. The first-order valence-electron chi connectivity index (χ1n) is 3.62. The van der Waals surface area contributed by atoms with Crippen molar-refractivity contribution >= 4 is 33.5 Å². The molecule has 0 saturated heterocycles. The summed E-state index contributed by atoms with van der Waals surface area (Å²) in [6, 6.07) is 5.31. The normalized spacial score (nSPS) is 9.77. The molecule has 0 unspecified atom stereocenters. The Balaban J connectivity index is 3.15. The zero-order valence-electron chi connectivity index (χ0n) is 7.01. The van der Waals surface area contributed by atoms with E-state index in [1.807, 2.05) is 6.07 Å². The first-order chi connectivity index (χ1) is 6.20. The Bertz CT molecular complexity index is 325. The van der Waals surface area contributed by atoms with Gasteiger partial charge in [-0.05, 0) is 27.6 Å². The fourth-order valence-corrected chi connectivity index (χ4v) is 1.90. The Kier molecular flexibility index (Phi) is 3.75. The predicted octanol–water partition coefficient (Wildman–Crippen LogP) is 2.97. The lowest BCUT2D eigenvalue weighted by Crippen LogP contribution is -2.03. The molecule has 0 aromatic heterocycles. The van der Waals surface area contributed by atoms with Gasteiger partial charge in [-0.25, -0.2) is 4.79 Å². The minimum atomic E-state index is -0.362. The number of carbonyl (C=O) groups is 1. The van der Waals surface area contributed by atoms with Crippen LogP contribution in [0, 0.1) is 0 Å². The first-order valence-corrected chi connectivity index (χ1v) is 4.95. The summed E-state index contributed by atoms with van der Waals surface area (Å²) in [7, 11) is 1.35. The Morgan fingerprint density at radius 1 is 1.62 bits per heavy atom. The quantitative estimate of drug-likeness (QED) is 0.606. The summed E-state index contributed by atoms with van der Waals surface area (Å²) in [6.45, 7) is 0. The summed E-state index contributed by atoms with van der Waals surface area (Å²) >= 11 is 8.97. The smallest absolute Gasteiger partial charge is 0.339 e. The van der Waals surface area contributed by atoms with Crippen molar-refractivity contribution in [1.82, 2.24) is 0 Å². The average molecular weight is 264 g/mol. The molecule has 1 aromatic rings. The standard InChI is InChI=1S/C9H8BrClO2/c1-13-9(12)7-4-2-3-6(5-11)8(7)10/h2-4H,5H2,1H3. The molecule has 0 spiro atoms. The third kappa shape index (κ3) is 2.23. The van der Waals surface area contributed by atoms with Crippen LogP contribution in [-0.4, -0.2) is 13.1 Å². The summed E-state index contributed by atoms with van der Waals surface area (Å²) in [4.78, 5) is 11.2. The molecule has 1 aromatic carbocycles. The van der Waals surface area contributed by atoms with E-state index in [1.54, 1.807) is 12.1 Å². The van der Waals surface area contributed by atoms with E-state index < -0.39 is 0 Å². The maximum absolute atomic E-state index is 11.2. The number of hydrogen-bond acceptors (Lipinski definition) is 2. The molecule has 0 radical (unpaired) electrons. The zero-order valence-corrected chi connectivity index (χ0v) is 9.35. The number of hydrogen-bond donors (Lipinski definition) is 0. The molecule has 70 valence electrons. The first kappa shape index (κ1) is 10.5. The van der Waals surface area contributed by atoms with Crippen molar-refractivity contribution < 1.29 is 9.53 Å². The fraction of sp³-hybridized carbons (Fsp3) is 0.222. The summed E-state index contributed by atoms with van der Waals surface area (Å²) in [5.74, 6) is 0.00430. The van der Waals surface area contributed by atoms with Crippen molar-refractivity contribution in [3.63, 3.8) is 0 Å². The van der Waals surface area contributed by atoms with Crippen LogP contribution < -0.4 is 0 Å². The molecule has 0 saturated carbocycles. The van der Waals surface area contributed by atoms with E-state index in [0.29, 0.717) is 15.9 Å². The Morgan fingerprint density at radius 3 is 2.85 bits per heavy atom. The molecule has 0 aliphatic carbocycles. The van der Waals surface area contributed by atoms with E-state index >= 15 is 0 Å². The van der Waals surface area contributed by atoms with Crippen LogP contribution in [0.5, 0.6) is 0 Å². The second kappa shape index (κ2) is 4.63. The molecule has 0 heterocycles. The molecule has 0 aliphatic heterocycles. The summed E-state index contributed by atoms with van der Waals surface area (Å²) in [5.41, 5.74) is 1.38. The van der Waals surface area contributed by atoms with Crippen LogP contribution in [0.1, 0.15) is 15.9 Å². The van der Waals surface area contributed by atoms with Gasteiger partial charge in [0.15, 0.2) is 0 Å². The SMILES string of the molecule is COC(=O)c1cccc(CCl)c1Br. The van der Waals surface area contributed by atoms with Crippen molar-refractivity contribution in [3.05, 3.63) is 33.8 Å². The topological polar surface area (TPSA) is 26.3 Å². The van der Waals surface area contributed by atoms with Gasteiger partial charge in [-0.15, -0.1) is 11.6 Å². The van der Waals surface area contributed by atoms with Crippen LogP contribution in [0.15, 0.2) is 22.7 Å². The van der Waals surface area contributed by atoms with E-state index in [4.69, 9.17) is 11.6 Å². The van der Waals surface area contributed by atoms with Gasteiger partial charge >= 0.3 is 5.97 Å². The number of ether oxygens (including phenoxy) is 1. The van der Waals surface area contributed by atoms with Gasteiger partial charge in [0.05, 0.1) is 12.7 Å². The second-order valence-corrected chi connectivity index (χ2v) is 3.46. The molecular weight excluding hydrogens is 255 g/mol. The number of carbonyl (C=O) groups excluding carboxylic acids is 1. The predicted molar refractivity (Wildman–Crippen MR) is 55.0 cm³/mol. The fourth-order valence-electron chi connectivity index (χ4n) is 0.951. The Labute approximate surface area is 90.0 Å². The maximum atomic E-state index is 11.2. The summed E-state index contributed by atoms with van der Waals surface area (Å²) in [6.07, 6.45) is 0. The van der Waals surface area contributed by atoms with Crippen LogP contribution in [0.3, 0.4) is 0 Å². The van der Waals surface area contributed by atoms with Gasteiger partial charge in [0.1, 0.15) is 0 Å². The highest BCUT2D eigenvalue weighted by Crippen LogP contribution is 2.23. The van der Waals surface area contributed by atoms with Crippen molar-refractivity contribution in [3.8, 4) is 0 Å². The monoisotopic (exact) mass is 262 g/mol. The number of rotatable bonds is 2. The van der Waals surface area contributed by atoms with Crippen LogP contribution in [0.4, 0.5) is 0 Å². The lowest BCUT2D eigenvalue weighted by atomic mass is 10.1. The van der Waals surface area contributed by atoms with Crippen molar-refractivity contribution in [2.75, 3.05) is 7.11 Å². The number of halogens is 2. The van der Waals surface area contributed by atoms with Gasteiger partial charge in [-0.3, -0.25) is 0 Å². The van der Waals surface area contributed by atoms with Gasteiger partial charge in [0.2, 0.25) is 0 Å². The molecule has 2 nitrogen and oxygen atoms in total. The van der Waals surface area contributed by atoms with Gasteiger partial charge in [-0.2, -0.15) is 0 Å². The Hall–Kier alpha value is -0.540. The van der Waals surface area contributed by atoms with Crippen LogP contribution in [0.2, 0.25) is 0 Å². The van der Waals surface area contributed by atoms with Crippen molar-refractivity contribution in [2.45, 2.75) is 5.88 Å². The average Bonchev–Trinajstić information content (AvgIpc) is 2.17. The van der Waals surface area contributed by atoms with Gasteiger partial charge < -0.3 is 4.74 Å². The summed E-state index contributed by atoms with van der Waals surface area (Å²) < 4.78 is 5.31. The van der Waals surface area contributed by atoms with E-state index in [9.17, 15) is 4.79 Å². The molecule has 0 bridgehead atoms. The van der Waals surface area contributed by atoms with Gasteiger partial charge in [-0.1, -0.05) is 12.1 Å². The van der Waals surface area contributed by atoms with E-state index in [-0.39, 0.29) is 5.97 Å². The van der Waals surface area contributed by atoms with Gasteiger partial charge in [0, 0.05) is 10.4 Å². The largest absolute Gasteiger partial charge is 0.465 e. The lowest BCUT2D eigenvalue weighted by molar-refractivity contribution is 0.0599. The minimum Gasteiger partial charge on any atom is -0.465 e. The van der Waals surface area contributed by atoms with Crippen molar-refractivity contribution in [2.24, 2.45) is 0 Å². The molecule has 0 aliphatic rings. The third-order valence-corrected chi connectivity index (χ3v) is 2.85. The highest BCUT2D eigenvalue weighted by Gasteiger charge is 2.11. The third-order valence-electron chi connectivity index (χ3n) is 1.63. The van der Waals surface area contributed by atoms with Crippen molar-refractivity contribution in [1.29, 1.82) is 0 Å². The lowest BCUT2D eigenvalue weighted by Gasteiger charge is -2.05. The van der Waals surface area contributed by atoms with Crippen LogP contribution in [0.25, 0.3) is 0 Å². The molecule has 13 heavy (non-hydrogen) atoms. The molecular formula is C9H8BrClO2. The van der Waals surface area contributed by atoms with Gasteiger partial charge in [0.25, 0.3) is 0 Å². The molecule has 0 amide bonds. The minimum absolute atomic E-state index is 0.362. The van der Waals surface area contributed by atoms with E-state index in [1.165, 1.54) is 7.11 Å². The number of alkyl halides is 1. The summed E-state index contributed by atoms with van der Waals surface area (Å²) in [5, 5.41) is 0. The molecule has 0 atom stereocenters. The zero-order chi connectivity index (χ0) is 9.84. The van der Waals surface area contributed by atoms with E-state index in [0.717, 1.165) is 5.56 Å². The Morgan fingerprint density at radius 2 is 2.31 bits per heavy atom. The van der Waals surface area contributed by atoms with Crippen LogP contribution in [-0.2, 0) is 10.6 Å². The second-order valence-electron chi connectivity index (χ2n) is 2.40.